The molecule has 5 nitrogen and oxygen atoms in total. The van der Waals surface area contributed by atoms with Gasteiger partial charge in [0.1, 0.15) is 0 Å². The van der Waals surface area contributed by atoms with Crippen LogP contribution in [0.5, 0.6) is 0 Å². The van der Waals surface area contributed by atoms with Crippen LogP contribution in [0.3, 0.4) is 0 Å². The van der Waals surface area contributed by atoms with Crippen LogP contribution in [0.1, 0.15) is 0 Å². The maximum absolute atomic E-state index is 11.6. The van der Waals surface area contributed by atoms with Crippen molar-refractivity contribution in [3.05, 3.63) is 24.6 Å². The Labute approximate surface area is 100 Å². The normalized spacial score (nSPS) is 36.6. The molecule has 1 radical (unpaired) electrons. The third-order valence-corrected chi connectivity index (χ3v) is 13.2. The van der Waals surface area contributed by atoms with Crippen LogP contribution in [0.25, 0.3) is 0 Å². The number of hydrogen-bond acceptors (Lipinski definition) is 3. The highest BCUT2D eigenvalue weighted by atomic mass is 28.4. The van der Waals surface area contributed by atoms with Crippen LogP contribution in [0.4, 0.5) is 4.79 Å². The third kappa shape index (κ3) is 3.15. The van der Waals surface area contributed by atoms with Crippen molar-refractivity contribution in [3.8, 4) is 0 Å². The van der Waals surface area contributed by atoms with E-state index in [9.17, 15) is 4.79 Å². The Bertz CT molecular complexity index is 326. The number of rotatable bonds is 2. The van der Waals surface area contributed by atoms with E-state index in [-0.39, 0.29) is 6.03 Å². The Kier molecular flexibility index (Phi) is 3.91. The second kappa shape index (κ2) is 4.67. The summed E-state index contributed by atoms with van der Waals surface area (Å²) in [6, 6.07) is -0.120. The first kappa shape index (κ1) is 13.4. The molecule has 0 aromatic carbocycles. The minimum absolute atomic E-state index is 0.120. The summed E-state index contributed by atoms with van der Waals surface area (Å²) in [5, 5.41) is 0. The molecule has 1 heterocycles. The van der Waals surface area contributed by atoms with Gasteiger partial charge in [0.2, 0.25) is 16.8 Å². The van der Waals surface area contributed by atoms with Gasteiger partial charge in [0.25, 0.3) is 9.12 Å². The van der Waals surface area contributed by atoms with Crippen LogP contribution < -0.4 is 19.3 Å². The number of carbonyl (C=O) groups is 1. The monoisotopic (exact) mass is 271 g/mol. The number of carbonyl (C=O) groups excluding carboxylic acids is 1. The van der Waals surface area contributed by atoms with Crippen LogP contribution in [-0.2, 0) is 0 Å². The van der Waals surface area contributed by atoms with Gasteiger partial charge >= 0.3 is 6.03 Å². The number of hydrogen-bond donors (Lipinski definition) is 4. The average Bonchev–Trinajstić information content (AvgIpc) is 2.14. The molecule has 0 saturated carbocycles. The second-order valence-electron chi connectivity index (χ2n) is 4.27. The van der Waals surface area contributed by atoms with Crippen molar-refractivity contribution in [1.29, 1.82) is 0 Å². The largest absolute Gasteiger partial charge is 0.352 e. The van der Waals surface area contributed by atoms with Crippen molar-refractivity contribution in [2.45, 2.75) is 19.6 Å². The number of urea groups is 1. The molecule has 1 aliphatic rings. The Hall–Kier alpha value is -0.679. The molecule has 4 N–H and O–H groups in total. The first-order chi connectivity index (χ1) is 7.32. The van der Waals surface area contributed by atoms with Gasteiger partial charge in [-0.15, -0.1) is 13.2 Å². The van der Waals surface area contributed by atoms with E-state index in [0.29, 0.717) is 0 Å². The van der Waals surface area contributed by atoms with Crippen LogP contribution in [-0.4, -0.2) is 31.9 Å². The Morgan fingerprint density at radius 1 is 1.25 bits per heavy atom. The predicted molar refractivity (Wildman–Crippen MR) is 73.2 cm³/mol. The highest BCUT2D eigenvalue weighted by molar-refractivity contribution is 6.99. The summed E-state index contributed by atoms with van der Waals surface area (Å²) in [6.07, 6.45) is 0. The Morgan fingerprint density at radius 2 is 1.81 bits per heavy atom. The summed E-state index contributed by atoms with van der Waals surface area (Å²) < 4.78 is 7.04. The molecule has 0 bridgehead atoms. The molecule has 0 spiro atoms. The van der Waals surface area contributed by atoms with Crippen molar-refractivity contribution >= 4 is 31.9 Å². The zero-order chi connectivity index (χ0) is 12.4. The molecule has 2 amide bonds. The summed E-state index contributed by atoms with van der Waals surface area (Å²) in [6.45, 7) is 13.9. The molecule has 16 heavy (non-hydrogen) atoms. The summed E-state index contributed by atoms with van der Waals surface area (Å²) in [5.41, 5.74) is 3.78. The van der Waals surface area contributed by atoms with E-state index < -0.39 is 25.9 Å². The van der Waals surface area contributed by atoms with E-state index in [2.05, 4.69) is 39.0 Å². The first-order valence-electron chi connectivity index (χ1n) is 5.10. The van der Waals surface area contributed by atoms with E-state index in [1.54, 1.807) is 0 Å². The molecule has 1 fully saturated rings. The molecule has 1 rings (SSSR count). The fraction of sp³-hybridized carbons (Fsp3) is 0.375. The highest BCUT2D eigenvalue weighted by Gasteiger charge is 2.39. The van der Waals surface area contributed by atoms with Gasteiger partial charge < -0.3 is 19.3 Å². The zero-order valence-electron chi connectivity index (χ0n) is 9.98. The molecular weight excluding hydrogens is 252 g/mol. The van der Waals surface area contributed by atoms with Gasteiger partial charge in [0.05, 0.1) is 0 Å². The molecule has 1 aliphatic heterocycles. The molecule has 2 atom stereocenters. The topological polar surface area (TPSA) is 65.2 Å². The molecule has 2 unspecified atom stereocenters. The zero-order valence-corrected chi connectivity index (χ0v) is 13.0. The molecular formula is C8H19N4OSi3. The maximum atomic E-state index is 11.6. The van der Waals surface area contributed by atoms with Crippen molar-refractivity contribution < 1.29 is 4.79 Å². The summed E-state index contributed by atoms with van der Waals surface area (Å²) in [7, 11) is -5.14. The maximum Gasteiger partial charge on any atom is 0.300 e. The van der Waals surface area contributed by atoms with Crippen LogP contribution in [0.2, 0.25) is 19.6 Å². The Morgan fingerprint density at radius 3 is 2.31 bits per heavy atom. The molecule has 8 heteroatoms. The standard InChI is InChI=1S/C8H19N4OSi3/c1-6-15(4)10-8(13)9-14(3)11-16(5,7-2)12-15/h6-7,11-12H,1-2H2,3-5H3,(H2,9,10,13). The fourth-order valence-corrected chi connectivity index (χ4v) is 12.8. The minimum Gasteiger partial charge on any atom is -0.352 e. The number of amides is 2. The number of nitrogens with one attached hydrogen (secondary N) is 4. The van der Waals surface area contributed by atoms with Crippen molar-refractivity contribution in [2.24, 2.45) is 0 Å². The van der Waals surface area contributed by atoms with E-state index >= 15 is 0 Å². The SMILES string of the molecule is C=C[Si]1(C)NC(=O)N[Si](C)N[Si](C)(C=C)N1. The van der Waals surface area contributed by atoms with Gasteiger partial charge in [-0.3, -0.25) is 4.79 Å². The molecule has 0 aliphatic carbocycles. The van der Waals surface area contributed by atoms with Crippen molar-refractivity contribution in [2.75, 3.05) is 0 Å². The summed E-state index contributed by atoms with van der Waals surface area (Å²) >= 11 is 0. The van der Waals surface area contributed by atoms with Gasteiger partial charge in [-0.2, -0.15) is 0 Å². The second-order valence-corrected chi connectivity index (χ2v) is 13.6. The van der Waals surface area contributed by atoms with E-state index in [4.69, 9.17) is 0 Å². The van der Waals surface area contributed by atoms with Crippen molar-refractivity contribution in [3.63, 3.8) is 0 Å². The average molecular weight is 272 g/mol. The van der Waals surface area contributed by atoms with E-state index in [1.807, 2.05) is 24.5 Å². The predicted octanol–water partition coefficient (Wildman–Crippen LogP) is 0.191. The van der Waals surface area contributed by atoms with Gasteiger partial charge in [-0.25, -0.2) is 0 Å². The van der Waals surface area contributed by atoms with Crippen LogP contribution >= 0.6 is 0 Å². The van der Waals surface area contributed by atoms with Gasteiger partial charge in [0, 0.05) is 0 Å². The Balaban J connectivity index is 2.98. The first-order valence-corrected chi connectivity index (χ1v) is 12.3. The highest BCUT2D eigenvalue weighted by Crippen LogP contribution is 2.05. The summed E-state index contributed by atoms with van der Waals surface area (Å²) in [5.74, 6) is 0. The fourth-order valence-electron chi connectivity index (χ4n) is 1.66. The lowest BCUT2D eigenvalue weighted by Gasteiger charge is -2.39. The smallest absolute Gasteiger partial charge is 0.300 e. The molecule has 0 aromatic rings. The van der Waals surface area contributed by atoms with Crippen molar-refractivity contribution in [1.82, 2.24) is 19.3 Å². The van der Waals surface area contributed by atoms with Gasteiger partial charge in [-0.05, 0) is 19.6 Å². The van der Waals surface area contributed by atoms with E-state index in [1.165, 1.54) is 0 Å². The van der Waals surface area contributed by atoms with Crippen LogP contribution in [0, 0.1) is 0 Å². The minimum atomic E-state index is -2.15. The van der Waals surface area contributed by atoms with Gasteiger partial charge in [0.15, 0.2) is 0 Å². The molecule has 0 aromatic heterocycles. The summed E-state index contributed by atoms with van der Waals surface area (Å²) in [4.78, 5) is 17.6. The quantitative estimate of drug-likeness (QED) is 0.542. The van der Waals surface area contributed by atoms with Crippen LogP contribution in [0.15, 0.2) is 24.6 Å². The van der Waals surface area contributed by atoms with Gasteiger partial charge in [-0.1, -0.05) is 11.4 Å². The molecule has 89 valence electrons. The molecule has 1 saturated heterocycles. The third-order valence-electron chi connectivity index (χ3n) is 2.46. The lowest BCUT2D eigenvalue weighted by atomic mass is 11.2. The van der Waals surface area contributed by atoms with E-state index in [0.717, 1.165) is 0 Å². The lowest BCUT2D eigenvalue weighted by Crippen LogP contribution is -2.80. The lowest BCUT2D eigenvalue weighted by molar-refractivity contribution is 0.250.